The van der Waals surface area contributed by atoms with Crippen molar-refractivity contribution in [3.8, 4) is 5.75 Å². The van der Waals surface area contributed by atoms with Crippen LogP contribution < -0.4 is 21.1 Å². The zero-order valence-electron chi connectivity index (χ0n) is 16.7. The van der Waals surface area contributed by atoms with Gasteiger partial charge in [0.15, 0.2) is 5.96 Å². The molecule has 1 heterocycles. The van der Waals surface area contributed by atoms with Crippen LogP contribution in [0.1, 0.15) is 54.7 Å². The van der Waals surface area contributed by atoms with Crippen LogP contribution in [0.15, 0.2) is 53.5 Å². The number of fused-ring (bicyclic) bond motifs is 1. The predicted octanol–water partition coefficient (Wildman–Crippen LogP) is 3.14. The van der Waals surface area contributed by atoms with Gasteiger partial charge in [0.05, 0.1) is 19.2 Å². The van der Waals surface area contributed by atoms with Crippen molar-refractivity contribution < 1.29 is 9.53 Å². The number of ether oxygens (including phenoxy) is 1. The van der Waals surface area contributed by atoms with E-state index in [1.807, 2.05) is 63.2 Å². The molecule has 2 aromatic carbocycles. The molecule has 6 nitrogen and oxygen atoms in total. The van der Waals surface area contributed by atoms with E-state index in [4.69, 9.17) is 10.5 Å². The van der Waals surface area contributed by atoms with Crippen molar-refractivity contribution >= 4 is 11.9 Å². The van der Waals surface area contributed by atoms with Crippen LogP contribution in [0.4, 0.5) is 0 Å². The molecule has 1 amide bonds. The van der Waals surface area contributed by atoms with Crippen LogP contribution in [-0.4, -0.2) is 24.0 Å². The number of amides is 1. The van der Waals surface area contributed by atoms with Gasteiger partial charge >= 0.3 is 0 Å². The molecule has 0 aliphatic carbocycles. The first-order valence-electron chi connectivity index (χ1n) is 9.51. The summed E-state index contributed by atoms with van der Waals surface area (Å²) in [5, 5.41) is 6.25. The number of hydrogen-bond donors (Lipinski definition) is 3. The Balaban J connectivity index is 1.64. The molecule has 0 saturated carbocycles. The van der Waals surface area contributed by atoms with Crippen molar-refractivity contribution in [1.82, 2.24) is 10.6 Å². The van der Waals surface area contributed by atoms with E-state index in [1.165, 1.54) is 0 Å². The number of para-hydroxylation sites is 1. The molecular formula is C22H28N4O2. The van der Waals surface area contributed by atoms with Crippen LogP contribution in [0.2, 0.25) is 0 Å². The number of nitrogens with zero attached hydrogens (tertiary/aromatic N) is 1. The molecule has 6 heteroatoms. The zero-order chi connectivity index (χ0) is 20.1. The minimum Gasteiger partial charge on any atom is -0.493 e. The maximum Gasteiger partial charge on any atom is 0.251 e. The van der Waals surface area contributed by atoms with Crippen LogP contribution in [0, 0.1) is 0 Å². The standard InChI is InChI=1S/C22H28N4O2/c1-22(2,3)26-20(27)16-8-6-7-15(13-16)14-24-21(23)25-18-11-12-28-19-10-5-4-9-17(18)19/h4-10,13,18H,11-12,14H2,1-3H3,(H,26,27)(H3,23,24,25). The lowest BCUT2D eigenvalue weighted by molar-refractivity contribution is 0.0919. The molecule has 28 heavy (non-hydrogen) atoms. The first kappa shape index (κ1) is 19.7. The fraction of sp³-hybridized carbons (Fsp3) is 0.364. The molecule has 4 N–H and O–H groups in total. The molecule has 148 valence electrons. The second-order valence-corrected chi connectivity index (χ2v) is 7.98. The minimum absolute atomic E-state index is 0.0811. The quantitative estimate of drug-likeness (QED) is 0.562. The Morgan fingerprint density at radius 2 is 2.00 bits per heavy atom. The number of guanidine groups is 1. The van der Waals surface area contributed by atoms with Gasteiger partial charge in [-0.1, -0.05) is 30.3 Å². The van der Waals surface area contributed by atoms with Crippen LogP contribution >= 0.6 is 0 Å². The summed E-state index contributed by atoms with van der Waals surface area (Å²) >= 11 is 0. The third kappa shape index (κ3) is 5.25. The third-order valence-electron chi connectivity index (χ3n) is 4.39. The Hall–Kier alpha value is -3.02. The van der Waals surface area contributed by atoms with Crippen molar-refractivity contribution in [3.05, 3.63) is 65.2 Å². The molecule has 2 aromatic rings. The normalized spacial score (nSPS) is 16.7. The number of benzene rings is 2. The van der Waals surface area contributed by atoms with Gasteiger partial charge in [0.1, 0.15) is 5.75 Å². The van der Waals surface area contributed by atoms with E-state index in [0.29, 0.717) is 24.7 Å². The van der Waals surface area contributed by atoms with Crippen molar-refractivity contribution in [2.45, 2.75) is 45.3 Å². The Morgan fingerprint density at radius 3 is 2.79 bits per heavy atom. The lowest BCUT2D eigenvalue weighted by Crippen LogP contribution is -2.40. The average Bonchev–Trinajstić information content (AvgIpc) is 2.66. The zero-order valence-corrected chi connectivity index (χ0v) is 16.7. The van der Waals surface area contributed by atoms with E-state index in [2.05, 4.69) is 15.6 Å². The van der Waals surface area contributed by atoms with E-state index >= 15 is 0 Å². The highest BCUT2D eigenvalue weighted by molar-refractivity contribution is 5.94. The van der Waals surface area contributed by atoms with Crippen molar-refractivity contribution in [1.29, 1.82) is 0 Å². The van der Waals surface area contributed by atoms with Gasteiger partial charge in [0.2, 0.25) is 0 Å². The molecule has 1 aliphatic rings. The maximum atomic E-state index is 12.3. The first-order valence-corrected chi connectivity index (χ1v) is 9.51. The van der Waals surface area contributed by atoms with Crippen LogP contribution in [0.5, 0.6) is 5.75 Å². The summed E-state index contributed by atoms with van der Waals surface area (Å²) in [7, 11) is 0. The van der Waals surface area contributed by atoms with Gasteiger partial charge in [0.25, 0.3) is 5.91 Å². The van der Waals surface area contributed by atoms with Gasteiger partial charge in [-0.15, -0.1) is 0 Å². The van der Waals surface area contributed by atoms with E-state index in [0.717, 1.165) is 23.3 Å². The molecule has 0 saturated heterocycles. The van der Waals surface area contributed by atoms with Crippen LogP contribution in [-0.2, 0) is 6.54 Å². The van der Waals surface area contributed by atoms with Gasteiger partial charge < -0.3 is 21.1 Å². The molecule has 0 spiro atoms. The summed E-state index contributed by atoms with van der Waals surface area (Å²) in [5.74, 6) is 1.17. The van der Waals surface area contributed by atoms with Crippen molar-refractivity contribution in [2.24, 2.45) is 10.7 Å². The van der Waals surface area contributed by atoms with Gasteiger partial charge in [-0.2, -0.15) is 0 Å². The minimum atomic E-state index is -0.278. The molecule has 1 unspecified atom stereocenters. The molecule has 0 radical (unpaired) electrons. The Morgan fingerprint density at radius 1 is 1.21 bits per heavy atom. The van der Waals surface area contributed by atoms with Gasteiger partial charge in [-0.05, 0) is 44.5 Å². The molecule has 1 aliphatic heterocycles. The average molecular weight is 380 g/mol. The summed E-state index contributed by atoms with van der Waals surface area (Å²) in [6.07, 6.45) is 0.829. The SMILES string of the molecule is CC(C)(C)NC(=O)c1cccc(CN=C(N)NC2CCOc3ccccc32)c1. The summed E-state index contributed by atoms with van der Waals surface area (Å²) in [6, 6.07) is 15.5. The maximum absolute atomic E-state index is 12.3. The number of aliphatic imine (C=N–C) groups is 1. The molecule has 3 rings (SSSR count). The topological polar surface area (TPSA) is 88.7 Å². The highest BCUT2D eigenvalue weighted by atomic mass is 16.5. The second-order valence-electron chi connectivity index (χ2n) is 7.98. The largest absolute Gasteiger partial charge is 0.493 e. The van der Waals surface area contributed by atoms with Gasteiger partial charge in [-0.3, -0.25) is 4.79 Å². The van der Waals surface area contributed by atoms with Gasteiger partial charge in [0, 0.05) is 23.1 Å². The number of rotatable bonds is 4. The smallest absolute Gasteiger partial charge is 0.251 e. The fourth-order valence-electron chi connectivity index (χ4n) is 3.12. The van der Waals surface area contributed by atoms with Crippen LogP contribution in [0.3, 0.4) is 0 Å². The lowest BCUT2D eigenvalue weighted by Gasteiger charge is -2.26. The Labute approximate surface area is 166 Å². The molecule has 0 bridgehead atoms. The van der Waals surface area contributed by atoms with Gasteiger partial charge in [-0.25, -0.2) is 4.99 Å². The monoisotopic (exact) mass is 380 g/mol. The molecular weight excluding hydrogens is 352 g/mol. The summed E-state index contributed by atoms with van der Waals surface area (Å²) < 4.78 is 5.68. The second kappa shape index (κ2) is 8.33. The third-order valence-corrected chi connectivity index (χ3v) is 4.39. The summed E-state index contributed by atoms with van der Waals surface area (Å²) in [4.78, 5) is 16.8. The molecule has 0 aromatic heterocycles. The summed E-state index contributed by atoms with van der Waals surface area (Å²) in [5.41, 5.74) is 8.47. The van der Waals surface area contributed by atoms with E-state index < -0.39 is 0 Å². The number of carbonyl (C=O) groups excluding carboxylic acids is 1. The highest BCUT2D eigenvalue weighted by Crippen LogP contribution is 2.31. The summed E-state index contributed by atoms with van der Waals surface area (Å²) in [6.45, 7) is 6.92. The van der Waals surface area contributed by atoms with E-state index in [1.54, 1.807) is 6.07 Å². The molecule has 0 fully saturated rings. The van der Waals surface area contributed by atoms with Crippen molar-refractivity contribution in [3.63, 3.8) is 0 Å². The number of nitrogens with two attached hydrogens (primary N) is 1. The first-order chi connectivity index (χ1) is 13.3. The van der Waals surface area contributed by atoms with Crippen LogP contribution in [0.25, 0.3) is 0 Å². The lowest BCUT2D eigenvalue weighted by atomic mass is 10.0. The number of hydrogen-bond acceptors (Lipinski definition) is 3. The van der Waals surface area contributed by atoms with Crippen molar-refractivity contribution in [2.75, 3.05) is 6.61 Å². The fourth-order valence-corrected chi connectivity index (χ4v) is 3.12. The predicted molar refractivity (Wildman–Crippen MR) is 111 cm³/mol. The number of carbonyl (C=O) groups is 1. The van der Waals surface area contributed by atoms with E-state index in [9.17, 15) is 4.79 Å². The Bertz CT molecular complexity index is 871. The highest BCUT2D eigenvalue weighted by Gasteiger charge is 2.21. The van der Waals surface area contributed by atoms with E-state index in [-0.39, 0.29) is 17.5 Å². The number of nitrogens with one attached hydrogen (secondary N) is 2. The Kier molecular flexibility index (Phi) is 5.87. The molecule has 1 atom stereocenters.